The summed E-state index contributed by atoms with van der Waals surface area (Å²) in [5.74, 6) is 0.0504. The largest absolute Gasteiger partial charge is 1.00 e. The molecule has 0 aliphatic heterocycles. The summed E-state index contributed by atoms with van der Waals surface area (Å²) in [4.78, 5) is 39.6. The molecule has 0 saturated carbocycles. The van der Waals surface area contributed by atoms with E-state index in [1.807, 2.05) is 0 Å². The maximum Gasteiger partial charge on any atom is 0.340 e. The third-order valence-corrected chi connectivity index (χ3v) is 6.25. The molecule has 1 aromatic rings. The van der Waals surface area contributed by atoms with Gasteiger partial charge in [-0.25, -0.2) is 4.57 Å². The monoisotopic (exact) mass is 348 g/mol. The van der Waals surface area contributed by atoms with Crippen LogP contribution in [0.1, 0.15) is 18.3 Å². The van der Waals surface area contributed by atoms with Crippen molar-refractivity contribution in [3.63, 3.8) is 0 Å². The quantitative estimate of drug-likeness (QED) is 0.267. The number of halogens is 1. The van der Waals surface area contributed by atoms with E-state index in [4.69, 9.17) is 19.6 Å². The second kappa shape index (κ2) is 7.06. The van der Waals surface area contributed by atoms with E-state index in [-0.39, 0.29) is 18.2 Å². The topological polar surface area (TPSA) is 152 Å². The molecule has 0 saturated heterocycles. The molecule has 9 nitrogen and oxygen atoms in total. The van der Waals surface area contributed by atoms with E-state index >= 15 is 0 Å². The summed E-state index contributed by atoms with van der Waals surface area (Å²) in [6.07, 6.45) is 0.591. The first-order valence-corrected chi connectivity index (χ1v) is 8.49. The van der Waals surface area contributed by atoms with Crippen LogP contribution in [0.5, 0.6) is 0 Å². The lowest BCUT2D eigenvalue weighted by Crippen LogP contribution is -3.00. The molecule has 0 radical (unpaired) electrons. The minimum absolute atomic E-state index is 0. The number of aromatic nitrogens is 2. The van der Waals surface area contributed by atoms with E-state index in [1.54, 1.807) is 6.07 Å². The zero-order chi connectivity index (χ0) is 14.8. The third kappa shape index (κ3) is 5.20. The Balaban J connectivity index is 0.00000361. The van der Waals surface area contributed by atoms with E-state index in [0.29, 0.717) is 0 Å². The van der Waals surface area contributed by atoms with Crippen molar-refractivity contribution in [2.24, 2.45) is 7.05 Å². The lowest BCUT2D eigenvalue weighted by atomic mass is 10.2. The van der Waals surface area contributed by atoms with Crippen molar-refractivity contribution in [2.45, 2.75) is 17.9 Å². The van der Waals surface area contributed by atoms with Crippen LogP contribution in [0.3, 0.4) is 0 Å². The van der Waals surface area contributed by atoms with E-state index in [9.17, 15) is 14.2 Å². The highest BCUT2D eigenvalue weighted by molar-refractivity contribution is 7.70. The third-order valence-electron chi connectivity index (χ3n) is 2.47. The number of aliphatic hydroxyl groups is 1. The van der Waals surface area contributed by atoms with Crippen molar-refractivity contribution >= 4 is 15.2 Å². The van der Waals surface area contributed by atoms with Crippen molar-refractivity contribution in [3.05, 3.63) is 24.3 Å². The highest BCUT2D eigenvalue weighted by atomic mass is 35.5. The van der Waals surface area contributed by atoms with Gasteiger partial charge in [-0.1, -0.05) is 4.98 Å². The maximum atomic E-state index is 11.1. The summed E-state index contributed by atoms with van der Waals surface area (Å²) < 4.78 is 23.6. The van der Waals surface area contributed by atoms with Gasteiger partial charge in [-0.15, -0.1) is 0 Å². The zero-order valence-corrected chi connectivity index (χ0v) is 12.9. The van der Waals surface area contributed by atoms with Gasteiger partial charge in [0.2, 0.25) is 0 Å². The number of aryl methyl sites for hydroxylation is 1. The van der Waals surface area contributed by atoms with E-state index in [1.165, 1.54) is 24.0 Å². The van der Waals surface area contributed by atoms with Crippen LogP contribution in [-0.2, 0) is 16.2 Å². The van der Waals surface area contributed by atoms with Crippen LogP contribution >= 0.6 is 15.2 Å². The van der Waals surface area contributed by atoms with Gasteiger partial charge in [0.1, 0.15) is 6.20 Å². The second-order valence-corrected chi connectivity index (χ2v) is 8.01. The highest BCUT2D eigenvalue weighted by Crippen LogP contribution is 2.62. The smallest absolute Gasteiger partial charge is 0.340 e. The van der Waals surface area contributed by atoms with Gasteiger partial charge in [-0.05, 0) is 0 Å². The van der Waals surface area contributed by atoms with Gasteiger partial charge in [-0.3, -0.25) is 9.13 Å². The van der Waals surface area contributed by atoms with Crippen molar-refractivity contribution in [1.82, 2.24) is 4.98 Å². The maximum absolute atomic E-state index is 11.1. The van der Waals surface area contributed by atoms with Gasteiger partial charge in [0, 0.05) is 12.5 Å². The molecule has 5 N–H and O–H groups in total. The molecular weight excluding hydrogens is 333 g/mol. The fraction of sp³-hybridized carbons (Fsp3) is 0.500. The fourth-order valence-corrected chi connectivity index (χ4v) is 4.07. The van der Waals surface area contributed by atoms with Gasteiger partial charge in [0.25, 0.3) is 0 Å². The van der Waals surface area contributed by atoms with Gasteiger partial charge in [-0.2, -0.15) is 0 Å². The van der Waals surface area contributed by atoms with Crippen molar-refractivity contribution in [3.8, 4) is 0 Å². The number of hydrogen-bond acceptors (Lipinski definition) is 4. The molecule has 0 spiro atoms. The normalized spacial score (nSPS) is 13.9. The van der Waals surface area contributed by atoms with E-state index in [2.05, 4.69) is 4.98 Å². The molecule has 0 amide bonds. The molecule has 1 heterocycles. The van der Waals surface area contributed by atoms with Crippen LogP contribution in [0.4, 0.5) is 0 Å². The minimum Gasteiger partial charge on any atom is -1.00 e. The summed E-state index contributed by atoms with van der Waals surface area (Å²) in [6, 6.07) is 1.57. The molecule has 1 aromatic heterocycles. The lowest BCUT2D eigenvalue weighted by Gasteiger charge is -2.20. The number of nitrogens with zero attached hydrogens (tertiary/aromatic N) is 2. The lowest BCUT2D eigenvalue weighted by molar-refractivity contribution is -0.686. The molecule has 0 fully saturated rings. The van der Waals surface area contributed by atoms with Crippen LogP contribution in [0.15, 0.2) is 18.5 Å². The molecule has 1 rings (SSSR count). The second-order valence-electron chi connectivity index (χ2n) is 4.00. The average Bonchev–Trinajstić information content (AvgIpc) is 2.23. The predicted octanol–water partition coefficient (Wildman–Crippen LogP) is -3.98. The van der Waals surface area contributed by atoms with Gasteiger partial charge >= 0.3 is 21.0 Å². The van der Waals surface area contributed by atoms with Crippen LogP contribution in [0.2, 0.25) is 0 Å². The minimum atomic E-state index is -5.05. The first-order valence-electron chi connectivity index (χ1n) is 5.12. The van der Waals surface area contributed by atoms with Crippen LogP contribution < -0.4 is 17.0 Å². The first kappa shape index (κ1) is 19.6. The number of rotatable bonds is 5. The zero-order valence-electron chi connectivity index (χ0n) is 10.3. The Morgan fingerprint density at radius 3 is 2.15 bits per heavy atom. The summed E-state index contributed by atoms with van der Waals surface area (Å²) in [5, 5.41) is 7.58. The van der Waals surface area contributed by atoms with Crippen molar-refractivity contribution in [2.75, 3.05) is 0 Å². The Bertz CT molecular complexity index is 523. The molecule has 1 unspecified atom stereocenters. The fourth-order valence-electron chi connectivity index (χ4n) is 1.55. The molecule has 1 atom stereocenters. The van der Waals surface area contributed by atoms with Gasteiger partial charge in [0.15, 0.2) is 11.5 Å². The summed E-state index contributed by atoms with van der Waals surface area (Å²) in [5.41, 5.74) is 0. The Hall–Kier alpha value is -0.370. The molecule has 12 heteroatoms. The van der Waals surface area contributed by atoms with Crippen molar-refractivity contribution in [1.29, 1.82) is 0 Å². The Morgan fingerprint density at radius 1 is 1.25 bits per heavy atom. The van der Waals surface area contributed by atoms with Crippen molar-refractivity contribution < 1.29 is 50.8 Å². The average molecular weight is 349 g/mol. The molecule has 0 bridgehead atoms. The number of aliphatic hydroxyl groups excluding tert-OH is 1. The van der Waals surface area contributed by atoms with Crippen LogP contribution in [-0.4, -0.2) is 35.1 Å². The van der Waals surface area contributed by atoms with Gasteiger partial charge in [0.05, 0.1) is 13.2 Å². The summed E-state index contributed by atoms with van der Waals surface area (Å²) in [7, 11) is -8.56. The highest BCUT2D eigenvalue weighted by Gasteiger charge is 2.45. The molecule has 0 aromatic carbocycles. The number of hydrogen-bond donors (Lipinski definition) is 5. The molecule has 116 valence electrons. The standard InChI is InChI=1S/C8H14N2O7P2.ClH/c1-10-4-2-3-9-8(10)6(11)5-7(18(12,13)14)19(15,16)17;/h2-4,6-7,11H,5H2,1H3,(H3-,12,13,14,15,16,17);1H. The predicted molar refractivity (Wildman–Crippen MR) is 62.9 cm³/mol. The SMILES string of the molecule is C[n+]1cccnc1C(O)CC(P(=O)(O)O)P(=O)(O)O.[Cl-]. The Morgan fingerprint density at radius 2 is 1.75 bits per heavy atom. The summed E-state index contributed by atoms with van der Waals surface area (Å²) >= 11 is 0. The summed E-state index contributed by atoms with van der Waals surface area (Å²) in [6.45, 7) is 0. The van der Waals surface area contributed by atoms with E-state index in [0.717, 1.165) is 0 Å². The van der Waals surface area contributed by atoms with Gasteiger partial charge < -0.3 is 37.1 Å². The Kier molecular flexibility index (Phi) is 6.93. The molecule has 0 aliphatic carbocycles. The molecular formula is C8H15ClN2O7P2. The van der Waals surface area contributed by atoms with Crippen LogP contribution in [0.25, 0.3) is 0 Å². The first-order chi connectivity index (χ1) is 8.53. The molecule has 0 aliphatic rings. The Labute approximate surface area is 121 Å². The van der Waals surface area contributed by atoms with E-state index < -0.39 is 33.1 Å². The molecule has 20 heavy (non-hydrogen) atoms. The van der Waals surface area contributed by atoms with Crippen LogP contribution in [0, 0.1) is 0 Å².